The van der Waals surface area contributed by atoms with Crippen LogP contribution in [0.2, 0.25) is 10.0 Å². The van der Waals surface area contributed by atoms with Crippen LogP contribution in [0.15, 0.2) is 60.7 Å². The average Bonchev–Trinajstić information content (AvgIpc) is 2.68. The Hall–Kier alpha value is -2.60. The van der Waals surface area contributed by atoms with Crippen molar-refractivity contribution in [2.45, 2.75) is 0 Å². The van der Waals surface area contributed by atoms with Gasteiger partial charge in [0.05, 0.1) is 23.0 Å². The van der Waals surface area contributed by atoms with Crippen LogP contribution in [-0.4, -0.2) is 29.1 Å². The molecule has 1 amide bonds. The van der Waals surface area contributed by atoms with Gasteiger partial charge >= 0.3 is 0 Å². The Morgan fingerprint density at radius 2 is 1.85 bits per heavy atom. The molecule has 2 aromatic carbocycles. The van der Waals surface area contributed by atoms with Gasteiger partial charge in [0.2, 0.25) is 0 Å². The number of aliphatic hydroxyl groups excluding tert-OH is 1. The highest BCUT2D eigenvalue weighted by molar-refractivity contribution is 6.36. The molecule has 0 saturated carbocycles. The van der Waals surface area contributed by atoms with Crippen LogP contribution in [0.5, 0.6) is 0 Å². The van der Waals surface area contributed by atoms with Crippen molar-refractivity contribution in [3.8, 4) is 11.3 Å². The molecule has 1 heterocycles. The standard InChI is InChI=1S/C20H17Cl2N3O2/c21-15-7-8-18(16(22)12-15)25-19-6-2-5-17(24-19)13-3-1-4-14(11-13)20(27)23-9-10-26/h1-8,11-12,26H,9-10H2,(H,23,27)(H,24,25). The third kappa shape index (κ3) is 4.98. The van der Waals surface area contributed by atoms with Crippen molar-refractivity contribution < 1.29 is 9.90 Å². The average molecular weight is 402 g/mol. The fourth-order valence-electron chi connectivity index (χ4n) is 2.49. The molecule has 0 aliphatic carbocycles. The predicted octanol–water partition coefficient (Wildman–Crippen LogP) is 4.52. The first-order valence-corrected chi connectivity index (χ1v) is 9.01. The number of halogens is 2. The van der Waals surface area contributed by atoms with E-state index in [-0.39, 0.29) is 19.1 Å². The molecule has 0 saturated heterocycles. The number of aliphatic hydroxyl groups is 1. The highest BCUT2D eigenvalue weighted by Gasteiger charge is 2.08. The summed E-state index contributed by atoms with van der Waals surface area (Å²) in [5, 5.41) is 15.7. The van der Waals surface area contributed by atoms with Crippen LogP contribution in [-0.2, 0) is 0 Å². The minimum atomic E-state index is -0.242. The number of benzene rings is 2. The van der Waals surface area contributed by atoms with Crippen LogP contribution in [0.25, 0.3) is 11.3 Å². The van der Waals surface area contributed by atoms with Crippen LogP contribution in [0.4, 0.5) is 11.5 Å². The van der Waals surface area contributed by atoms with Crippen molar-refractivity contribution >= 4 is 40.6 Å². The molecule has 3 rings (SSSR count). The molecule has 0 bridgehead atoms. The van der Waals surface area contributed by atoms with Gasteiger partial charge in [0.1, 0.15) is 5.82 Å². The fourth-order valence-corrected chi connectivity index (χ4v) is 2.94. The molecule has 0 atom stereocenters. The van der Waals surface area contributed by atoms with Gasteiger partial charge in [-0.1, -0.05) is 41.4 Å². The molecule has 0 aliphatic rings. The molecular weight excluding hydrogens is 385 g/mol. The van der Waals surface area contributed by atoms with Crippen molar-refractivity contribution in [1.82, 2.24) is 10.3 Å². The van der Waals surface area contributed by atoms with Crippen molar-refractivity contribution in [3.63, 3.8) is 0 Å². The first-order chi connectivity index (χ1) is 13.1. The van der Waals surface area contributed by atoms with Crippen molar-refractivity contribution in [1.29, 1.82) is 0 Å². The smallest absolute Gasteiger partial charge is 0.251 e. The number of nitrogens with zero attached hydrogens (tertiary/aromatic N) is 1. The molecule has 5 nitrogen and oxygen atoms in total. The molecular formula is C20H17Cl2N3O2. The zero-order valence-corrected chi connectivity index (χ0v) is 15.8. The van der Waals surface area contributed by atoms with Gasteiger partial charge in [0, 0.05) is 22.7 Å². The number of aromatic nitrogens is 1. The number of anilines is 2. The highest BCUT2D eigenvalue weighted by Crippen LogP contribution is 2.28. The van der Waals surface area contributed by atoms with Gasteiger partial charge in [0.25, 0.3) is 5.91 Å². The minimum Gasteiger partial charge on any atom is -0.395 e. The number of pyridine rings is 1. The summed E-state index contributed by atoms with van der Waals surface area (Å²) in [5.74, 6) is 0.375. The van der Waals surface area contributed by atoms with E-state index in [1.165, 1.54) is 0 Å². The van der Waals surface area contributed by atoms with Crippen molar-refractivity contribution in [2.75, 3.05) is 18.5 Å². The molecule has 0 aliphatic heterocycles. The van der Waals surface area contributed by atoms with Crippen molar-refractivity contribution in [2.24, 2.45) is 0 Å². The Balaban J connectivity index is 1.84. The molecule has 3 N–H and O–H groups in total. The molecule has 3 aromatic rings. The van der Waals surface area contributed by atoms with Gasteiger partial charge in [-0.3, -0.25) is 4.79 Å². The Labute approximate surface area is 167 Å². The SMILES string of the molecule is O=C(NCCO)c1cccc(-c2cccc(Nc3ccc(Cl)cc3Cl)n2)c1. The minimum absolute atomic E-state index is 0.103. The van der Waals surface area contributed by atoms with E-state index in [2.05, 4.69) is 15.6 Å². The van der Waals surface area contributed by atoms with Gasteiger partial charge < -0.3 is 15.7 Å². The van der Waals surface area contributed by atoms with E-state index >= 15 is 0 Å². The van der Waals surface area contributed by atoms with E-state index in [1.807, 2.05) is 24.3 Å². The molecule has 138 valence electrons. The van der Waals surface area contributed by atoms with E-state index < -0.39 is 0 Å². The van der Waals surface area contributed by atoms with Gasteiger partial charge in [-0.25, -0.2) is 4.98 Å². The quantitative estimate of drug-likeness (QED) is 0.567. The van der Waals surface area contributed by atoms with Crippen LogP contribution in [0, 0.1) is 0 Å². The summed E-state index contributed by atoms with van der Waals surface area (Å²) >= 11 is 12.1. The third-order valence-electron chi connectivity index (χ3n) is 3.76. The van der Waals surface area contributed by atoms with Gasteiger partial charge in [-0.05, 0) is 42.5 Å². The van der Waals surface area contributed by atoms with Crippen LogP contribution in [0.1, 0.15) is 10.4 Å². The summed E-state index contributed by atoms with van der Waals surface area (Å²) < 4.78 is 0. The number of hydrogen-bond acceptors (Lipinski definition) is 4. The number of nitrogens with one attached hydrogen (secondary N) is 2. The first-order valence-electron chi connectivity index (χ1n) is 8.25. The summed E-state index contributed by atoms with van der Waals surface area (Å²) in [6.45, 7) is 0.108. The molecule has 0 radical (unpaired) electrons. The van der Waals surface area contributed by atoms with E-state index in [0.717, 1.165) is 5.56 Å². The van der Waals surface area contributed by atoms with E-state index in [0.29, 0.717) is 32.8 Å². The van der Waals surface area contributed by atoms with E-state index in [9.17, 15) is 4.79 Å². The van der Waals surface area contributed by atoms with Crippen LogP contribution >= 0.6 is 23.2 Å². The Morgan fingerprint density at radius 3 is 2.63 bits per heavy atom. The Morgan fingerprint density at radius 1 is 1.04 bits per heavy atom. The lowest BCUT2D eigenvalue weighted by Gasteiger charge is -2.10. The largest absolute Gasteiger partial charge is 0.395 e. The van der Waals surface area contributed by atoms with Crippen molar-refractivity contribution in [3.05, 3.63) is 76.3 Å². The monoisotopic (exact) mass is 401 g/mol. The second-order valence-corrected chi connectivity index (χ2v) is 6.56. The maximum absolute atomic E-state index is 12.1. The summed E-state index contributed by atoms with van der Waals surface area (Å²) in [5.41, 5.74) is 2.71. The number of hydrogen-bond donors (Lipinski definition) is 3. The number of carbonyl (C=O) groups is 1. The number of amides is 1. The molecule has 0 unspecified atom stereocenters. The molecule has 7 heteroatoms. The van der Waals surface area contributed by atoms with Gasteiger partial charge in [-0.2, -0.15) is 0 Å². The second-order valence-electron chi connectivity index (χ2n) is 5.72. The van der Waals surface area contributed by atoms with Gasteiger partial charge in [0.15, 0.2) is 0 Å². The maximum Gasteiger partial charge on any atom is 0.251 e. The molecule has 0 spiro atoms. The number of carbonyl (C=O) groups excluding carboxylic acids is 1. The molecule has 0 fully saturated rings. The maximum atomic E-state index is 12.1. The zero-order chi connectivity index (χ0) is 19.2. The Kier molecular flexibility index (Phi) is 6.29. The zero-order valence-electron chi connectivity index (χ0n) is 14.2. The summed E-state index contributed by atoms with van der Waals surface area (Å²) in [4.78, 5) is 16.7. The topological polar surface area (TPSA) is 74.2 Å². The number of rotatable bonds is 6. The Bertz CT molecular complexity index is 963. The van der Waals surface area contributed by atoms with E-state index in [4.69, 9.17) is 28.3 Å². The normalized spacial score (nSPS) is 10.5. The highest BCUT2D eigenvalue weighted by atomic mass is 35.5. The third-order valence-corrected chi connectivity index (χ3v) is 4.31. The van der Waals surface area contributed by atoms with Crippen LogP contribution in [0.3, 0.4) is 0 Å². The fraction of sp³-hybridized carbons (Fsp3) is 0.100. The molecule has 1 aromatic heterocycles. The lowest BCUT2D eigenvalue weighted by atomic mass is 10.1. The second kappa shape index (κ2) is 8.86. The molecule has 27 heavy (non-hydrogen) atoms. The lowest BCUT2D eigenvalue weighted by molar-refractivity contribution is 0.0945. The summed E-state index contributed by atoms with van der Waals surface area (Å²) in [6, 6.07) is 17.9. The van der Waals surface area contributed by atoms with Crippen LogP contribution < -0.4 is 10.6 Å². The first kappa shape index (κ1) is 19.2. The summed E-state index contributed by atoms with van der Waals surface area (Å²) in [6.07, 6.45) is 0. The predicted molar refractivity (Wildman–Crippen MR) is 109 cm³/mol. The van der Waals surface area contributed by atoms with Gasteiger partial charge in [-0.15, -0.1) is 0 Å². The summed E-state index contributed by atoms with van der Waals surface area (Å²) in [7, 11) is 0. The van der Waals surface area contributed by atoms with E-state index in [1.54, 1.807) is 36.4 Å². The lowest BCUT2D eigenvalue weighted by Crippen LogP contribution is -2.26.